The minimum Gasteiger partial charge on any atom is -0.493 e. The van der Waals surface area contributed by atoms with Crippen molar-refractivity contribution in [2.75, 3.05) is 40.4 Å². The van der Waals surface area contributed by atoms with E-state index in [2.05, 4.69) is 54.5 Å². The number of nitrogens with one attached hydrogen (secondary N) is 2. The van der Waals surface area contributed by atoms with Crippen molar-refractivity contribution in [3.05, 3.63) is 71.8 Å². The number of carbonyl (C=O) groups excluding carboxylic acids is 1. The highest BCUT2D eigenvalue weighted by atomic mass is 16.5. The molecule has 3 heterocycles. The summed E-state index contributed by atoms with van der Waals surface area (Å²) in [7, 11) is 3.31. The number of rotatable bonds is 6. The lowest BCUT2D eigenvalue weighted by molar-refractivity contribution is 0.0781. The first-order chi connectivity index (χ1) is 18.5. The topological polar surface area (TPSA) is 66.6 Å². The number of hydrogen-bond acceptors (Lipinski definition) is 4. The lowest BCUT2D eigenvalue weighted by Crippen LogP contribution is -2.31. The van der Waals surface area contributed by atoms with Crippen LogP contribution in [-0.4, -0.2) is 56.2 Å². The van der Waals surface area contributed by atoms with Crippen LogP contribution in [-0.2, 0) is 0 Å². The molecule has 6 heteroatoms. The lowest BCUT2D eigenvalue weighted by Gasteiger charge is -2.18. The predicted molar refractivity (Wildman–Crippen MR) is 152 cm³/mol. The Bertz CT molecular complexity index is 1490. The molecule has 1 amide bonds. The summed E-state index contributed by atoms with van der Waals surface area (Å²) < 4.78 is 11.0. The third kappa shape index (κ3) is 4.23. The van der Waals surface area contributed by atoms with Crippen LogP contribution in [0.25, 0.3) is 33.3 Å². The van der Waals surface area contributed by atoms with Gasteiger partial charge in [0.2, 0.25) is 0 Å². The molecule has 6 nitrogen and oxygen atoms in total. The van der Waals surface area contributed by atoms with Crippen LogP contribution in [0.2, 0.25) is 0 Å². The second kappa shape index (κ2) is 9.84. The molecule has 2 atom stereocenters. The number of aromatic amines is 1. The van der Waals surface area contributed by atoms with Gasteiger partial charge in [-0.25, -0.2) is 0 Å². The van der Waals surface area contributed by atoms with E-state index in [0.717, 1.165) is 59.6 Å². The molecule has 6 rings (SSSR count). The first-order valence-electron chi connectivity index (χ1n) is 13.4. The van der Waals surface area contributed by atoms with E-state index in [9.17, 15) is 4.79 Å². The highest BCUT2D eigenvalue weighted by Crippen LogP contribution is 2.40. The van der Waals surface area contributed by atoms with Crippen LogP contribution in [0.3, 0.4) is 0 Å². The van der Waals surface area contributed by atoms with Crippen LogP contribution >= 0.6 is 0 Å². The number of H-pyrrole nitrogens is 1. The zero-order valence-corrected chi connectivity index (χ0v) is 22.5. The van der Waals surface area contributed by atoms with Crippen molar-refractivity contribution >= 4 is 16.8 Å². The molecule has 4 aromatic rings. The van der Waals surface area contributed by atoms with Crippen LogP contribution in [0.4, 0.5) is 0 Å². The van der Waals surface area contributed by atoms with Gasteiger partial charge in [0, 0.05) is 48.2 Å². The summed E-state index contributed by atoms with van der Waals surface area (Å²) in [5, 5.41) is 4.65. The molecule has 0 saturated carbocycles. The van der Waals surface area contributed by atoms with Crippen molar-refractivity contribution in [3.8, 4) is 33.9 Å². The Morgan fingerprint density at radius 2 is 1.58 bits per heavy atom. The summed E-state index contributed by atoms with van der Waals surface area (Å²) in [5.41, 5.74) is 7.43. The monoisotopic (exact) mass is 509 g/mol. The Morgan fingerprint density at radius 1 is 0.868 bits per heavy atom. The molecule has 2 unspecified atom stereocenters. The van der Waals surface area contributed by atoms with Gasteiger partial charge < -0.3 is 24.7 Å². The maximum absolute atomic E-state index is 13.4. The van der Waals surface area contributed by atoms with E-state index >= 15 is 0 Å². The van der Waals surface area contributed by atoms with Gasteiger partial charge in [0.05, 0.1) is 19.9 Å². The highest BCUT2D eigenvalue weighted by molar-refractivity contribution is 5.97. The fourth-order valence-corrected chi connectivity index (χ4v) is 6.25. The number of methoxy groups -OCH3 is 2. The van der Waals surface area contributed by atoms with Crippen molar-refractivity contribution in [1.29, 1.82) is 0 Å². The number of hydrogen-bond donors (Lipinski definition) is 2. The average molecular weight is 510 g/mol. The van der Waals surface area contributed by atoms with Gasteiger partial charge in [0.1, 0.15) is 0 Å². The Morgan fingerprint density at radius 3 is 2.29 bits per heavy atom. The third-order valence-corrected chi connectivity index (χ3v) is 8.21. The van der Waals surface area contributed by atoms with Gasteiger partial charge in [-0.2, -0.15) is 0 Å². The zero-order chi connectivity index (χ0) is 26.4. The van der Waals surface area contributed by atoms with Gasteiger partial charge in [-0.1, -0.05) is 32.0 Å². The summed E-state index contributed by atoms with van der Waals surface area (Å²) in [4.78, 5) is 19.0. The fraction of sp³-hybridized carbons (Fsp3) is 0.344. The summed E-state index contributed by atoms with van der Waals surface area (Å²) >= 11 is 0. The summed E-state index contributed by atoms with van der Waals surface area (Å²) in [6, 6.07) is 20.7. The van der Waals surface area contributed by atoms with Crippen LogP contribution < -0.4 is 14.8 Å². The molecule has 2 N–H and O–H groups in total. The van der Waals surface area contributed by atoms with E-state index in [1.54, 1.807) is 14.2 Å². The van der Waals surface area contributed by atoms with E-state index < -0.39 is 0 Å². The molecule has 2 fully saturated rings. The van der Waals surface area contributed by atoms with Crippen molar-refractivity contribution in [3.63, 3.8) is 0 Å². The molecule has 38 heavy (non-hydrogen) atoms. The van der Waals surface area contributed by atoms with Gasteiger partial charge in [0.25, 0.3) is 5.91 Å². The largest absolute Gasteiger partial charge is 0.493 e. The SMILES string of the molecule is COc1ccc(-c2[nH]c3ccc(-c4cccc(C(=O)N5CC6CNCC6C5)c4)cc3c2C(C)C)cc1OC. The molecule has 2 aliphatic rings. The second-order valence-electron chi connectivity index (χ2n) is 10.9. The quantitative estimate of drug-likeness (QED) is 0.338. The Kier molecular flexibility index (Phi) is 6.36. The van der Waals surface area contributed by atoms with Gasteiger partial charge in [0.15, 0.2) is 11.5 Å². The van der Waals surface area contributed by atoms with Crippen molar-refractivity contribution in [2.45, 2.75) is 19.8 Å². The standard InChI is InChI=1S/C32H35N3O3/c1-19(2)30-26-13-21(8-10-27(26)34-31(30)22-9-11-28(37-3)29(14-22)38-4)20-6-5-7-23(12-20)32(36)35-17-24-15-33-16-25(24)18-35/h5-14,19,24-25,33-34H,15-18H2,1-4H3. The van der Waals surface area contributed by atoms with E-state index in [1.165, 1.54) is 10.9 Å². The molecule has 0 radical (unpaired) electrons. The maximum atomic E-state index is 13.4. The van der Waals surface area contributed by atoms with Gasteiger partial charge in [-0.15, -0.1) is 0 Å². The first kappa shape index (κ1) is 24.6. The van der Waals surface area contributed by atoms with Crippen molar-refractivity contribution in [1.82, 2.24) is 15.2 Å². The maximum Gasteiger partial charge on any atom is 0.253 e. The van der Waals surface area contributed by atoms with Crippen LogP contribution in [0.5, 0.6) is 11.5 Å². The van der Waals surface area contributed by atoms with Crippen LogP contribution in [0, 0.1) is 11.8 Å². The van der Waals surface area contributed by atoms with Crippen molar-refractivity contribution < 1.29 is 14.3 Å². The number of nitrogens with zero attached hydrogens (tertiary/aromatic N) is 1. The summed E-state index contributed by atoms with van der Waals surface area (Å²) in [6.07, 6.45) is 0. The smallest absolute Gasteiger partial charge is 0.253 e. The molecule has 0 bridgehead atoms. The Balaban J connectivity index is 1.36. The van der Waals surface area contributed by atoms with Gasteiger partial charge in [-0.3, -0.25) is 4.79 Å². The van der Waals surface area contributed by atoms with E-state index in [1.807, 2.05) is 35.2 Å². The number of fused-ring (bicyclic) bond motifs is 2. The Labute approximate surface area is 224 Å². The molecular formula is C32H35N3O3. The average Bonchev–Trinajstić information content (AvgIpc) is 3.65. The second-order valence-corrected chi connectivity index (χ2v) is 10.9. The molecule has 0 spiro atoms. The Hall–Kier alpha value is -3.77. The molecule has 2 saturated heterocycles. The number of aromatic nitrogens is 1. The van der Waals surface area contributed by atoms with E-state index in [4.69, 9.17) is 9.47 Å². The number of benzene rings is 3. The predicted octanol–water partition coefficient (Wildman–Crippen LogP) is 5.93. The number of carbonyl (C=O) groups is 1. The van der Waals surface area contributed by atoms with Gasteiger partial charge in [-0.05, 0) is 76.9 Å². The zero-order valence-electron chi connectivity index (χ0n) is 22.5. The molecular weight excluding hydrogens is 474 g/mol. The number of amides is 1. The highest BCUT2D eigenvalue weighted by Gasteiger charge is 2.38. The molecule has 3 aromatic carbocycles. The molecule has 1 aromatic heterocycles. The van der Waals surface area contributed by atoms with Crippen molar-refractivity contribution in [2.24, 2.45) is 11.8 Å². The van der Waals surface area contributed by atoms with Crippen LogP contribution in [0.1, 0.15) is 35.7 Å². The normalized spacial score (nSPS) is 18.8. The summed E-state index contributed by atoms with van der Waals surface area (Å²) in [6.45, 7) is 8.20. The number of likely N-dealkylation sites (tertiary alicyclic amines) is 1. The molecule has 2 aliphatic heterocycles. The minimum atomic E-state index is 0.141. The number of ether oxygens (including phenoxy) is 2. The minimum absolute atomic E-state index is 0.141. The lowest BCUT2D eigenvalue weighted by atomic mass is 9.94. The van der Waals surface area contributed by atoms with Crippen LogP contribution in [0.15, 0.2) is 60.7 Å². The molecule has 196 valence electrons. The fourth-order valence-electron chi connectivity index (χ4n) is 6.25. The van der Waals surface area contributed by atoms with Gasteiger partial charge >= 0.3 is 0 Å². The molecule has 0 aliphatic carbocycles. The summed E-state index contributed by atoms with van der Waals surface area (Å²) in [5.74, 6) is 3.05. The van der Waals surface area contributed by atoms with E-state index in [-0.39, 0.29) is 5.91 Å². The first-order valence-corrected chi connectivity index (χ1v) is 13.4. The third-order valence-electron chi connectivity index (χ3n) is 8.21. The van der Waals surface area contributed by atoms with E-state index in [0.29, 0.717) is 29.3 Å².